The van der Waals surface area contributed by atoms with Gasteiger partial charge >= 0.3 is 0 Å². The number of hydrogen-bond acceptors (Lipinski definition) is 6. The standard InChI is InChI=1S/C15H15FN4O2/c1-17-14-18-7-12(8-19-14)10-2-4-11(5-3-10)13-6-15(21,9-16)22-20-13/h2-5,7-8,21H,6,9H2,1H3,(H,17,18,19). The Labute approximate surface area is 126 Å². The molecule has 3 rings (SSSR count). The maximum absolute atomic E-state index is 12.7. The molecule has 1 aromatic carbocycles. The smallest absolute Gasteiger partial charge is 0.268 e. The van der Waals surface area contributed by atoms with Crippen molar-refractivity contribution in [1.29, 1.82) is 0 Å². The number of benzene rings is 1. The molecule has 22 heavy (non-hydrogen) atoms. The molecule has 0 amide bonds. The second-order valence-electron chi connectivity index (χ2n) is 5.01. The summed E-state index contributed by atoms with van der Waals surface area (Å²) in [5, 5.41) is 16.3. The zero-order chi connectivity index (χ0) is 15.6. The van der Waals surface area contributed by atoms with Crippen molar-refractivity contribution in [3.8, 4) is 11.1 Å². The number of anilines is 1. The molecule has 0 fully saturated rings. The predicted octanol–water partition coefficient (Wildman–Crippen LogP) is 1.97. The molecule has 7 heteroatoms. The molecule has 1 aromatic heterocycles. The van der Waals surface area contributed by atoms with Gasteiger partial charge in [-0.2, -0.15) is 0 Å². The van der Waals surface area contributed by atoms with Crippen LogP contribution in [0.4, 0.5) is 10.3 Å². The molecule has 0 radical (unpaired) electrons. The van der Waals surface area contributed by atoms with Crippen LogP contribution in [0.1, 0.15) is 12.0 Å². The number of aliphatic hydroxyl groups is 1. The van der Waals surface area contributed by atoms with Crippen LogP contribution in [0, 0.1) is 0 Å². The van der Waals surface area contributed by atoms with Crippen molar-refractivity contribution in [2.24, 2.45) is 5.16 Å². The summed E-state index contributed by atoms with van der Waals surface area (Å²) in [6.07, 6.45) is 3.49. The molecule has 1 aliphatic heterocycles. The van der Waals surface area contributed by atoms with Gasteiger partial charge in [-0.1, -0.05) is 29.4 Å². The molecule has 0 saturated carbocycles. The Kier molecular flexibility index (Phi) is 3.72. The van der Waals surface area contributed by atoms with Crippen LogP contribution in [0.15, 0.2) is 41.8 Å². The van der Waals surface area contributed by atoms with Crippen LogP contribution in [-0.2, 0) is 4.84 Å². The van der Waals surface area contributed by atoms with E-state index in [0.29, 0.717) is 11.7 Å². The largest absolute Gasteiger partial charge is 0.357 e. The van der Waals surface area contributed by atoms with E-state index < -0.39 is 12.5 Å². The summed E-state index contributed by atoms with van der Waals surface area (Å²) in [5.41, 5.74) is 3.14. The average molecular weight is 302 g/mol. The first-order valence-electron chi connectivity index (χ1n) is 6.77. The van der Waals surface area contributed by atoms with Crippen LogP contribution in [0.5, 0.6) is 0 Å². The molecule has 0 saturated heterocycles. The van der Waals surface area contributed by atoms with Gasteiger partial charge in [0.2, 0.25) is 5.95 Å². The molecule has 1 unspecified atom stereocenters. The van der Waals surface area contributed by atoms with E-state index >= 15 is 0 Å². The lowest BCUT2D eigenvalue weighted by molar-refractivity contribution is -0.193. The third-order valence-electron chi connectivity index (χ3n) is 3.41. The molecule has 6 nitrogen and oxygen atoms in total. The van der Waals surface area contributed by atoms with Crippen LogP contribution in [0.3, 0.4) is 0 Å². The van der Waals surface area contributed by atoms with E-state index in [1.165, 1.54) is 0 Å². The van der Waals surface area contributed by atoms with Crippen molar-refractivity contribution in [1.82, 2.24) is 9.97 Å². The number of hydrogen-bond donors (Lipinski definition) is 2. The van der Waals surface area contributed by atoms with Crippen LogP contribution in [0.25, 0.3) is 11.1 Å². The summed E-state index contributed by atoms with van der Waals surface area (Å²) in [7, 11) is 1.76. The predicted molar refractivity (Wildman–Crippen MR) is 80.2 cm³/mol. The van der Waals surface area contributed by atoms with Crippen molar-refractivity contribution in [2.75, 3.05) is 19.0 Å². The Hall–Kier alpha value is -2.54. The summed E-state index contributed by atoms with van der Waals surface area (Å²) >= 11 is 0. The Morgan fingerprint density at radius 2 is 1.82 bits per heavy atom. The molecule has 1 aliphatic rings. The fraction of sp³-hybridized carbons (Fsp3) is 0.267. The van der Waals surface area contributed by atoms with Gasteiger partial charge in [0.15, 0.2) is 6.67 Å². The fourth-order valence-corrected chi connectivity index (χ4v) is 2.15. The number of nitrogens with one attached hydrogen (secondary N) is 1. The second-order valence-corrected chi connectivity index (χ2v) is 5.01. The minimum atomic E-state index is -1.83. The van der Waals surface area contributed by atoms with Crippen LogP contribution in [-0.4, -0.2) is 40.3 Å². The van der Waals surface area contributed by atoms with E-state index in [1.807, 2.05) is 24.3 Å². The molecule has 2 aromatic rings. The zero-order valence-corrected chi connectivity index (χ0v) is 12.0. The van der Waals surface area contributed by atoms with Crippen LogP contribution in [0.2, 0.25) is 0 Å². The Morgan fingerprint density at radius 3 is 2.36 bits per heavy atom. The van der Waals surface area contributed by atoms with Gasteiger partial charge in [0.1, 0.15) is 0 Å². The molecule has 0 aliphatic carbocycles. The quantitative estimate of drug-likeness (QED) is 0.902. The Balaban J connectivity index is 1.78. The summed E-state index contributed by atoms with van der Waals surface area (Å²) in [5.74, 6) is -1.27. The van der Waals surface area contributed by atoms with Crippen molar-refractivity contribution in [3.63, 3.8) is 0 Å². The molecule has 2 N–H and O–H groups in total. The molecular formula is C15H15FN4O2. The first kappa shape index (κ1) is 14.4. The number of oxime groups is 1. The van der Waals surface area contributed by atoms with E-state index in [1.54, 1.807) is 19.4 Å². The second kappa shape index (κ2) is 5.69. The minimum absolute atomic E-state index is 0.0306. The number of alkyl halides is 1. The number of nitrogens with zero attached hydrogens (tertiary/aromatic N) is 3. The van der Waals surface area contributed by atoms with E-state index in [2.05, 4.69) is 20.4 Å². The Morgan fingerprint density at radius 1 is 1.18 bits per heavy atom. The lowest BCUT2D eigenvalue weighted by atomic mass is 10.0. The number of rotatable bonds is 4. The Bertz CT molecular complexity index is 688. The van der Waals surface area contributed by atoms with Gasteiger partial charge in [-0.3, -0.25) is 0 Å². The first-order chi connectivity index (χ1) is 10.6. The van der Waals surface area contributed by atoms with Gasteiger partial charge in [-0.15, -0.1) is 0 Å². The van der Waals surface area contributed by atoms with Crippen molar-refractivity contribution < 1.29 is 14.3 Å². The maximum atomic E-state index is 12.7. The molecule has 2 heterocycles. The zero-order valence-electron chi connectivity index (χ0n) is 12.0. The highest BCUT2D eigenvalue weighted by molar-refractivity contribution is 6.01. The molecule has 0 bridgehead atoms. The fourth-order valence-electron chi connectivity index (χ4n) is 2.15. The summed E-state index contributed by atoms with van der Waals surface area (Å²) < 4.78 is 12.7. The van der Waals surface area contributed by atoms with Crippen LogP contribution >= 0.6 is 0 Å². The first-order valence-corrected chi connectivity index (χ1v) is 6.77. The number of aromatic nitrogens is 2. The van der Waals surface area contributed by atoms with E-state index in [4.69, 9.17) is 4.84 Å². The van der Waals surface area contributed by atoms with Gasteiger partial charge in [-0.05, 0) is 11.1 Å². The topological polar surface area (TPSA) is 79.6 Å². The van der Waals surface area contributed by atoms with Gasteiger partial charge in [0.05, 0.1) is 12.1 Å². The van der Waals surface area contributed by atoms with Crippen LogP contribution < -0.4 is 5.32 Å². The van der Waals surface area contributed by atoms with Gasteiger partial charge < -0.3 is 15.3 Å². The SMILES string of the molecule is CNc1ncc(-c2ccc(C3=NOC(O)(CF)C3)cc2)cn1. The van der Waals surface area contributed by atoms with Gasteiger partial charge in [0, 0.05) is 25.0 Å². The number of halogens is 1. The molecule has 1 atom stereocenters. The summed E-state index contributed by atoms with van der Waals surface area (Å²) in [6.45, 7) is -0.993. The normalized spacial score (nSPS) is 20.4. The highest BCUT2D eigenvalue weighted by Gasteiger charge is 2.37. The minimum Gasteiger partial charge on any atom is -0.357 e. The summed E-state index contributed by atoms with van der Waals surface area (Å²) in [6, 6.07) is 7.46. The van der Waals surface area contributed by atoms with Crippen molar-refractivity contribution in [2.45, 2.75) is 12.2 Å². The maximum Gasteiger partial charge on any atom is 0.268 e. The highest BCUT2D eigenvalue weighted by atomic mass is 19.1. The highest BCUT2D eigenvalue weighted by Crippen LogP contribution is 2.26. The monoisotopic (exact) mass is 302 g/mol. The van der Waals surface area contributed by atoms with E-state index in [9.17, 15) is 9.50 Å². The van der Waals surface area contributed by atoms with Gasteiger partial charge in [0.25, 0.3) is 5.79 Å². The molecule has 0 spiro atoms. The van der Waals surface area contributed by atoms with E-state index in [-0.39, 0.29) is 6.42 Å². The van der Waals surface area contributed by atoms with Gasteiger partial charge in [-0.25, -0.2) is 14.4 Å². The lowest BCUT2D eigenvalue weighted by Crippen LogP contribution is -2.31. The molecule has 114 valence electrons. The molecular weight excluding hydrogens is 287 g/mol. The third-order valence-corrected chi connectivity index (χ3v) is 3.41. The van der Waals surface area contributed by atoms with E-state index in [0.717, 1.165) is 16.7 Å². The van der Waals surface area contributed by atoms with Crippen molar-refractivity contribution >= 4 is 11.7 Å². The average Bonchev–Trinajstić information content (AvgIpc) is 2.98. The lowest BCUT2D eigenvalue weighted by Gasteiger charge is -2.14. The van der Waals surface area contributed by atoms with Crippen molar-refractivity contribution in [3.05, 3.63) is 42.2 Å². The summed E-state index contributed by atoms with van der Waals surface area (Å²) in [4.78, 5) is 13.1. The third kappa shape index (κ3) is 2.75.